The van der Waals surface area contributed by atoms with Crippen molar-refractivity contribution in [3.63, 3.8) is 0 Å². The minimum Gasteiger partial charge on any atom is -0.322 e. The van der Waals surface area contributed by atoms with Gasteiger partial charge in [-0.15, -0.1) is 5.10 Å². The van der Waals surface area contributed by atoms with Crippen LogP contribution >= 0.6 is 0 Å². The molecular weight excluding hydrogens is 266 g/mol. The van der Waals surface area contributed by atoms with Crippen molar-refractivity contribution in [2.45, 2.75) is 6.92 Å². The molecule has 0 aliphatic heterocycles. The van der Waals surface area contributed by atoms with Gasteiger partial charge in [-0.2, -0.15) is 0 Å². The molecule has 6 heteroatoms. The van der Waals surface area contributed by atoms with Crippen LogP contribution in [0.3, 0.4) is 0 Å². The van der Waals surface area contributed by atoms with Crippen molar-refractivity contribution in [3.05, 3.63) is 66.0 Å². The van der Waals surface area contributed by atoms with Gasteiger partial charge in [-0.1, -0.05) is 17.7 Å². The molecule has 0 aliphatic rings. The number of benzene rings is 2. The summed E-state index contributed by atoms with van der Waals surface area (Å²) in [6.07, 6.45) is 1.50. The molecule has 1 amide bonds. The van der Waals surface area contributed by atoms with Gasteiger partial charge in [-0.25, -0.2) is 4.68 Å². The maximum Gasteiger partial charge on any atom is 0.255 e. The van der Waals surface area contributed by atoms with E-state index in [2.05, 4.69) is 20.8 Å². The molecule has 0 saturated heterocycles. The van der Waals surface area contributed by atoms with E-state index in [0.29, 0.717) is 5.56 Å². The van der Waals surface area contributed by atoms with Gasteiger partial charge in [0.1, 0.15) is 6.33 Å². The fourth-order valence-corrected chi connectivity index (χ4v) is 1.89. The quantitative estimate of drug-likeness (QED) is 0.798. The fourth-order valence-electron chi connectivity index (χ4n) is 1.89. The molecule has 0 radical (unpaired) electrons. The second-order valence-electron chi connectivity index (χ2n) is 4.62. The Labute approximate surface area is 121 Å². The third-order valence-corrected chi connectivity index (χ3v) is 3.05. The largest absolute Gasteiger partial charge is 0.322 e. The van der Waals surface area contributed by atoms with Gasteiger partial charge in [0.15, 0.2) is 0 Å². The molecule has 6 nitrogen and oxygen atoms in total. The van der Waals surface area contributed by atoms with Crippen molar-refractivity contribution in [1.29, 1.82) is 0 Å². The molecule has 0 fully saturated rings. The van der Waals surface area contributed by atoms with Crippen molar-refractivity contribution < 1.29 is 4.79 Å². The average Bonchev–Trinajstić information content (AvgIpc) is 3.04. The summed E-state index contributed by atoms with van der Waals surface area (Å²) in [5.41, 5.74) is 3.30. The highest BCUT2D eigenvalue weighted by atomic mass is 16.1. The Kier molecular flexibility index (Phi) is 3.42. The predicted octanol–water partition coefficient (Wildman–Crippen LogP) is 2.22. The Hall–Kier alpha value is -3.02. The Morgan fingerprint density at radius 1 is 1.05 bits per heavy atom. The van der Waals surface area contributed by atoms with Crippen LogP contribution in [-0.4, -0.2) is 26.1 Å². The molecule has 0 spiro atoms. The van der Waals surface area contributed by atoms with Crippen molar-refractivity contribution >= 4 is 11.6 Å². The number of anilines is 1. The van der Waals surface area contributed by atoms with Gasteiger partial charge in [0.25, 0.3) is 5.91 Å². The van der Waals surface area contributed by atoms with E-state index in [4.69, 9.17) is 0 Å². The van der Waals surface area contributed by atoms with E-state index in [0.717, 1.165) is 16.9 Å². The molecular formula is C15H13N5O. The molecule has 0 atom stereocenters. The van der Waals surface area contributed by atoms with Crippen LogP contribution in [0.25, 0.3) is 5.69 Å². The molecule has 1 aromatic heterocycles. The van der Waals surface area contributed by atoms with Gasteiger partial charge in [0, 0.05) is 11.3 Å². The third-order valence-electron chi connectivity index (χ3n) is 3.05. The molecule has 104 valence electrons. The highest BCUT2D eigenvalue weighted by molar-refractivity contribution is 6.04. The van der Waals surface area contributed by atoms with E-state index in [1.807, 2.05) is 31.2 Å². The number of nitrogens with one attached hydrogen (secondary N) is 1. The summed E-state index contributed by atoms with van der Waals surface area (Å²) in [4.78, 5) is 12.1. The van der Waals surface area contributed by atoms with E-state index in [1.165, 1.54) is 11.0 Å². The smallest absolute Gasteiger partial charge is 0.255 e. The zero-order valence-electron chi connectivity index (χ0n) is 11.4. The number of hydrogen-bond acceptors (Lipinski definition) is 4. The predicted molar refractivity (Wildman–Crippen MR) is 78.3 cm³/mol. The zero-order valence-corrected chi connectivity index (χ0v) is 11.4. The van der Waals surface area contributed by atoms with E-state index in [1.54, 1.807) is 24.3 Å². The fraction of sp³-hybridized carbons (Fsp3) is 0.0667. The second-order valence-corrected chi connectivity index (χ2v) is 4.62. The zero-order chi connectivity index (χ0) is 14.7. The molecule has 2 aromatic carbocycles. The monoisotopic (exact) mass is 279 g/mol. The molecule has 1 heterocycles. The van der Waals surface area contributed by atoms with Crippen molar-refractivity contribution in [2.24, 2.45) is 0 Å². The number of rotatable bonds is 3. The van der Waals surface area contributed by atoms with Crippen molar-refractivity contribution in [1.82, 2.24) is 20.2 Å². The van der Waals surface area contributed by atoms with Gasteiger partial charge in [-0.05, 0) is 53.7 Å². The van der Waals surface area contributed by atoms with Crippen LogP contribution in [0, 0.1) is 6.92 Å². The number of hydrogen-bond donors (Lipinski definition) is 1. The van der Waals surface area contributed by atoms with Gasteiger partial charge in [0.05, 0.1) is 5.69 Å². The van der Waals surface area contributed by atoms with Gasteiger partial charge in [-0.3, -0.25) is 4.79 Å². The first kappa shape index (κ1) is 13.0. The minimum atomic E-state index is -0.151. The van der Waals surface area contributed by atoms with Crippen LogP contribution in [-0.2, 0) is 0 Å². The summed E-state index contributed by atoms with van der Waals surface area (Å²) in [5.74, 6) is -0.151. The summed E-state index contributed by atoms with van der Waals surface area (Å²) < 4.78 is 1.53. The number of carbonyl (C=O) groups is 1. The highest BCUT2D eigenvalue weighted by Crippen LogP contribution is 2.12. The Bertz CT molecular complexity index is 733. The molecule has 3 aromatic rings. The number of aryl methyl sites for hydroxylation is 1. The third kappa shape index (κ3) is 2.94. The molecule has 1 N–H and O–H groups in total. The normalized spacial score (nSPS) is 10.3. The van der Waals surface area contributed by atoms with Gasteiger partial charge in [0.2, 0.25) is 0 Å². The number of aromatic nitrogens is 4. The maximum absolute atomic E-state index is 12.1. The summed E-state index contributed by atoms with van der Waals surface area (Å²) in [6, 6.07) is 14.7. The first-order chi connectivity index (χ1) is 10.2. The standard InChI is InChI=1S/C15H13N5O/c1-11-2-6-13(7-3-11)17-15(21)12-4-8-14(9-5-12)20-10-16-18-19-20/h2-10H,1H3,(H,17,21). The second kappa shape index (κ2) is 5.54. The molecule has 3 rings (SSSR count). The van der Waals surface area contributed by atoms with Crippen LogP contribution in [0.15, 0.2) is 54.9 Å². The van der Waals surface area contributed by atoms with Crippen LogP contribution in [0.4, 0.5) is 5.69 Å². The maximum atomic E-state index is 12.1. The van der Waals surface area contributed by atoms with Crippen molar-refractivity contribution in [3.8, 4) is 5.69 Å². The Morgan fingerprint density at radius 3 is 2.38 bits per heavy atom. The minimum absolute atomic E-state index is 0.151. The van der Waals surface area contributed by atoms with Crippen LogP contribution in [0.5, 0.6) is 0 Å². The van der Waals surface area contributed by atoms with E-state index < -0.39 is 0 Å². The molecule has 0 saturated carbocycles. The highest BCUT2D eigenvalue weighted by Gasteiger charge is 2.06. The van der Waals surface area contributed by atoms with E-state index in [9.17, 15) is 4.79 Å². The van der Waals surface area contributed by atoms with Crippen molar-refractivity contribution in [2.75, 3.05) is 5.32 Å². The number of amides is 1. The summed E-state index contributed by atoms with van der Waals surface area (Å²) in [6.45, 7) is 2.00. The van der Waals surface area contributed by atoms with Gasteiger partial charge >= 0.3 is 0 Å². The Balaban J connectivity index is 1.74. The Morgan fingerprint density at radius 2 is 1.76 bits per heavy atom. The lowest BCUT2D eigenvalue weighted by Gasteiger charge is -2.06. The molecule has 0 bridgehead atoms. The first-order valence-corrected chi connectivity index (χ1v) is 6.44. The lowest BCUT2D eigenvalue weighted by Crippen LogP contribution is -2.11. The van der Waals surface area contributed by atoms with Crippen LogP contribution in [0.1, 0.15) is 15.9 Å². The molecule has 0 aliphatic carbocycles. The SMILES string of the molecule is Cc1ccc(NC(=O)c2ccc(-n3cnnn3)cc2)cc1. The molecule has 0 unspecified atom stereocenters. The summed E-state index contributed by atoms with van der Waals surface area (Å²) in [7, 11) is 0. The number of carbonyl (C=O) groups excluding carboxylic acids is 1. The number of tetrazole rings is 1. The lowest BCUT2D eigenvalue weighted by atomic mass is 10.2. The lowest BCUT2D eigenvalue weighted by molar-refractivity contribution is 0.102. The topological polar surface area (TPSA) is 72.7 Å². The first-order valence-electron chi connectivity index (χ1n) is 6.44. The summed E-state index contributed by atoms with van der Waals surface area (Å²) >= 11 is 0. The van der Waals surface area contributed by atoms with Gasteiger partial charge < -0.3 is 5.32 Å². The number of nitrogens with zero attached hydrogens (tertiary/aromatic N) is 4. The van der Waals surface area contributed by atoms with E-state index >= 15 is 0 Å². The van der Waals surface area contributed by atoms with Crippen LogP contribution in [0.2, 0.25) is 0 Å². The summed E-state index contributed by atoms with van der Waals surface area (Å²) in [5, 5.41) is 13.8. The average molecular weight is 279 g/mol. The molecule has 21 heavy (non-hydrogen) atoms. The van der Waals surface area contributed by atoms with Crippen LogP contribution < -0.4 is 5.32 Å². The van der Waals surface area contributed by atoms with E-state index in [-0.39, 0.29) is 5.91 Å².